The van der Waals surface area contributed by atoms with Crippen molar-refractivity contribution in [3.63, 3.8) is 0 Å². The molecule has 0 spiro atoms. The maximum Gasteiger partial charge on any atom is 0.344 e. The number of esters is 1. The Morgan fingerprint density at radius 1 is 1.28 bits per heavy atom. The van der Waals surface area contributed by atoms with Gasteiger partial charge < -0.3 is 14.2 Å². The van der Waals surface area contributed by atoms with Gasteiger partial charge in [-0.05, 0) is 36.8 Å². The zero-order valence-corrected chi connectivity index (χ0v) is 14.3. The standard InChI is InChI=1S/C17H23N3O5/c1-2-24-17(22)13-25-15-5-3-14(4-6-15)11-18-19-16(21)12-20-7-9-23-10-8-20/h3-6,11H,2,7-10,12-13H2,1H3,(H,19,21)/b18-11+. The first kappa shape index (κ1) is 18.9. The molecule has 25 heavy (non-hydrogen) atoms. The summed E-state index contributed by atoms with van der Waals surface area (Å²) in [7, 11) is 0. The van der Waals surface area contributed by atoms with E-state index in [2.05, 4.69) is 10.5 Å². The average Bonchev–Trinajstić information content (AvgIpc) is 2.62. The molecule has 0 aliphatic carbocycles. The van der Waals surface area contributed by atoms with E-state index in [1.54, 1.807) is 37.4 Å². The Kier molecular flexibility index (Phi) is 7.87. The van der Waals surface area contributed by atoms with E-state index >= 15 is 0 Å². The molecule has 1 fully saturated rings. The number of nitrogens with zero attached hydrogens (tertiary/aromatic N) is 2. The summed E-state index contributed by atoms with van der Waals surface area (Å²) in [5, 5.41) is 3.94. The number of benzene rings is 1. The van der Waals surface area contributed by atoms with Gasteiger partial charge in [0.25, 0.3) is 5.91 Å². The van der Waals surface area contributed by atoms with Crippen molar-refractivity contribution in [2.24, 2.45) is 5.10 Å². The van der Waals surface area contributed by atoms with Gasteiger partial charge in [0, 0.05) is 13.1 Å². The molecule has 8 nitrogen and oxygen atoms in total. The van der Waals surface area contributed by atoms with E-state index in [1.165, 1.54) is 0 Å². The summed E-state index contributed by atoms with van der Waals surface area (Å²) in [5.74, 6) is -0.00906. The molecule has 2 rings (SSSR count). The van der Waals surface area contributed by atoms with Crippen molar-refractivity contribution < 1.29 is 23.8 Å². The number of amides is 1. The monoisotopic (exact) mass is 349 g/mol. The number of morpholine rings is 1. The molecule has 0 radical (unpaired) electrons. The number of rotatable bonds is 8. The van der Waals surface area contributed by atoms with Crippen LogP contribution < -0.4 is 10.2 Å². The molecule has 0 unspecified atom stereocenters. The predicted octanol–water partition coefficient (Wildman–Crippen LogP) is 0.411. The summed E-state index contributed by atoms with van der Waals surface area (Å²) in [4.78, 5) is 25.0. The highest BCUT2D eigenvalue weighted by Crippen LogP contribution is 2.11. The summed E-state index contributed by atoms with van der Waals surface area (Å²) < 4.78 is 15.3. The van der Waals surface area contributed by atoms with Gasteiger partial charge in [0.05, 0.1) is 32.6 Å². The second kappa shape index (κ2) is 10.4. The van der Waals surface area contributed by atoms with Crippen LogP contribution in [-0.2, 0) is 19.1 Å². The lowest BCUT2D eigenvalue weighted by molar-refractivity contribution is -0.145. The summed E-state index contributed by atoms with van der Waals surface area (Å²) in [6.07, 6.45) is 1.55. The lowest BCUT2D eigenvalue weighted by Gasteiger charge is -2.25. The number of nitrogens with one attached hydrogen (secondary N) is 1. The number of hydrogen-bond acceptors (Lipinski definition) is 7. The minimum absolute atomic E-state index is 0.126. The number of carbonyl (C=O) groups excluding carboxylic acids is 2. The first-order valence-corrected chi connectivity index (χ1v) is 8.18. The molecule has 1 N–H and O–H groups in total. The molecule has 1 aliphatic heterocycles. The van der Waals surface area contributed by atoms with Crippen LogP contribution in [0.4, 0.5) is 0 Å². The van der Waals surface area contributed by atoms with Crippen molar-refractivity contribution in [3.05, 3.63) is 29.8 Å². The summed E-state index contributed by atoms with van der Waals surface area (Å²) in [6.45, 7) is 5.07. The van der Waals surface area contributed by atoms with Crippen molar-refractivity contribution in [1.82, 2.24) is 10.3 Å². The third-order valence-corrected chi connectivity index (χ3v) is 3.42. The Hall–Kier alpha value is -2.45. The Bertz CT molecular complexity index is 582. The third kappa shape index (κ3) is 7.32. The van der Waals surface area contributed by atoms with Gasteiger partial charge >= 0.3 is 5.97 Å². The fourth-order valence-electron chi connectivity index (χ4n) is 2.17. The van der Waals surface area contributed by atoms with Crippen LogP contribution in [0.3, 0.4) is 0 Å². The molecule has 0 saturated carbocycles. The second-order valence-electron chi connectivity index (χ2n) is 5.34. The summed E-state index contributed by atoms with van der Waals surface area (Å²) >= 11 is 0. The van der Waals surface area contributed by atoms with Gasteiger partial charge in [-0.1, -0.05) is 0 Å². The molecule has 1 heterocycles. The van der Waals surface area contributed by atoms with Crippen LogP contribution in [0.5, 0.6) is 5.75 Å². The topological polar surface area (TPSA) is 89.5 Å². The van der Waals surface area contributed by atoms with Crippen molar-refractivity contribution >= 4 is 18.1 Å². The Labute approximate surface area is 146 Å². The number of hydrazone groups is 1. The van der Waals surface area contributed by atoms with Crippen molar-refractivity contribution in [2.45, 2.75) is 6.92 Å². The molecule has 8 heteroatoms. The maximum atomic E-state index is 11.8. The van der Waals surface area contributed by atoms with Crippen LogP contribution >= 0.6 is 0 Å². The number of ether oxygens (including phenoxy) is 3. The van der Waals surface area contributed by atoms with Gasteiger partial charge in [-0.25, -0.2) is 10.2 Å². The average molecular weight is 349 g/mol. The van der Waals surface area contributed by atoms with Crippen molar-refractivity contribution in [3.8, 4) is 5.75 Å². The highest BCUT2D eigenvalue weighted by Gasteiger charge is 2.13. The van der Waals surface area contributed by atoms with E-state index in [9.17, 15) is 9.59 Å². The maximum absolute atomic E-state index is 11.8. The lowest BCUT2D eigenvalue weighted by Crippen LogP contribution is -2.42. The highest BCUT2D eigenvalue weighted by molar-refractivity contribution is 5.83. The summed E-state index contributed by atoms with van der Waals surface area (Å²) in [6, 6.07) is 6.99. The minimum Gasteiger partial charge on any atom is -0.482 e. The highest BCUT2D eigenvalue weighted by atomic mass is 16.6. The third-order valence-electron chi connectivity index (χ3n) is 3.42. The normalized spacial score (nSPS) is 15.1. The van der Waals surface area contributed by atoms with Crippen molar-refractivity contribution in [2.75, 3.05) is 46.1 Å². The van der Waals surface area contributed by atoms with E-state index in [1.807, 2.05) is 4.90 Å². The minimum atomic E-state index is -0.406. The zero-order chi connectivity index (χ0) is 17.9. The van der Waals surface area contributed by atoms with E-state index in [0.29, 0.717) is 32.1 Å². The molecule has 1 saturated heterocycles. The molecule has 1 aromatic rings. The van der Waals surface area contributed by atoms with Gasteiger partial charge in [0.15, 0.2) is 6.61 Å². The van der Waals surface area contributed by atoms with Gasteiger partial charge in [0.2, 0.25) is 0 Å². The molecule has 136 valence electrons. The fraction of sp³-hybridized carbons (Fsp3) is 0.471. The lowest BCUT2D eigenvalue weighted by atomic mass is 10.2. The van der Waals surface area contributed by atoms with Crippen LogP contribution in [0.1, 0.15) is 12.5 Å². The first-order valence-electron chi connectivity index (χ1n) is 8.18. The first-order chi connectivity index (χ1) is 12.2. The van der Waals surface area contributed by atoms with Gasteiger partial charge in [-0.15, -0.1) is 0 Å². The van der Waals surface area contributed by atoms with E-state index < -0.39 is 5.97 Å². The smallest absolute Gasteiger partial charge is 0.344 e. The number of hydrogen-bond donors (Lipinski definition) is 1. The molecule has 1 aliphatic rings. The van der Waals surface area contributed by atoms with E-state index in [4.69, 9.17) is 14.2 Å². The second-order valence-corrected chi connectivity index (χ2v) is 5.34. The fourth-order valence-corrected chi connectivity index (χ4v) is 2.17. The Balaban J connectivity index is 1.71. The van der Waals surface area contributed by atoms with Crippen LogP contribution in [-0.4, -0.2) is 69.1 Å². The Morgan fingerprint density at radius 2 is 2.00 bits per heavy atom. The molecule has 0 atom stereocenters. The SMILES string of the molecule is CCOC(=O)COc1ccc(/C=N/NC(=O)CN2CCOCC2)cc1. The quantitative estimate of drug-likeness (QED) is 0.415. The molecule has 0 bridgehead atoms. The molecule has 1 amide bonds. The number of carbonyl (C=O) groups is 2. The van der Waals surface area contributed by atoms with E-state index in [-0.39, 0.29) is 12.5 Å². The van der Waals surface area contributed by atoms with E-state index in [0.717, 1.165) is 18.7 Å². The van der Waals surface area contributed by atoms with Crippen molar-refractivity contribution in [1.29, 1.82) is 0 Å². The summed E-state index contributed by atoms with van der Waals surface area (Å²) in [5.41, 5.74) is 3.30. The van der Waals surface area contributed by atoms with Gasteiger partial charge in [-0.3, -0.25) is 9.69 Å². The van der Waals surface area contributed by atoms with Crippen LogP contribution in [0, 0.1) is 0 Å². The predicted molar refractivity (Wildman–Crippen MR) is 91.6 cm³/mol. The molecule has 1 aromatic carbocycles. The molecule has 0 aromatic heterocycles. The molecular weight excluding hydrogens is 326 g/mol. The van der Waals surface area contributed by atoms with Crippen LogP contribution in [0.15, 0.2) is 29.4 Å². The Morgan fingerprint density at radius 3 is 2.68 bits per heavy atom. The van der Waals surface area contributed by atoms with Crippen LogP contribution in [0.2, 0.25) is 0 Å². The molecular formula is C17H23N3O5. The van der Waals surface area contributed by atoms with Gasteiger partial charge in [0.1, 0.15) is 5.75 Å². The van der Waals surface area contributed by atoms with Gasteiger partial charge in [-0.2, -0.15) is 5.10 Å². The zero-order valence-electron chi connectivity index (χ0n) is 14.3. The van der Waals surface area contributed by atoms with Crippen LogP contribution in [0.25, 0.3) is 0 Å². The largest absolute Gasteiger partial charge is 0.482 e.